The highest BCUT2D eigenvalue weighted by molar-refractivity contribution is 7.47. The van der Waals surface area contributed by atoms with Gasteiger partial charge in [-0.3, -0.25) is 37.3 Å². The van der Waals surface area contributed by atoms with Crippen LogP contribution in [0.15, 0.2) is 0 Å². The Kier molecular flexibility index (Phi) is 74.1. The number of ether oxygens (including phenoxy) is 4. The van der Waals surface area contributed by atoms with Gasteiger partial charge in [0.2, 0.25) is 0 Å². The summed E-state index contributed by atoms with van der Waals surface area (Å²) < 4.78 is 68.9. The molecule has 0 spiro atoms. The van der Waals surface area contributed by atoms with Crippen LogP contribution in [0.2, 0.25) is 0 Å². The Morgan fingerprint density at radius 2 is 0.495 bits per heavy atom. The number of carbonyl (C=O) groups is 4. The molecule has 0 aliphatic rings. The third-order valence-corrected chi connectivity index (χ3v) is 22.0. The van der Waals surface area contributed by atoms with E-state index in [2.05, 4.69) is 41.5 Å². The predicted octanol–water partition coefficient (Wildman–Crippen LogP) is 25.5. The Hall–Kier alpha value is -1.94. The molecule has 0 aliphatic heterocycles. The van der Waals surface area contributed by atoms with E-state index in [1.807, 2.05) is 0 Å². The van der Waals surface area contributed by atoms with Gasteiger partial charge in [0.25, 0.3) is 0 Å². The van der Waals surface area contributed by atoms with Crippen LogP contribution < -0.4 is 0 Å². The number of phosphoric acid groups is 2. The smallest absolute Gasteiger partial charge is 0.462 e. The number of phosphoric ester groups is 2. The van der Waals surface area contributed by atoms with Crippen molar-refractivity contribution in [3.05, 3.63) is 0 Å². The second-order valence-electron chi connectivity index (χ2n) is 30.9. The van der Waals surface area contributed by atoms with Gasteiger partial charge >= 0.3 is 39.5 Å². The number of carbonyl (C=O) groups excluding carboxylic acids is 4. The second kappa shape index (κ2) is 75.5. The first-order valence-corrected chi connectivity index (χ1v) is 46.5. The van der Waals surface area contributed by atoms with Crippen LogP contribution in [0, 0.1) is 11.8 Å². The molecule has 0 bridgehead atoms. The molecule has 103 heavy (non-hydrogen) atoms. The average molecular weight is 1510 g/mol. The van der Waals surface area contributed by atoms with Crippen molar-refractivity contribution >= 4 is 39.5 Å². The summed E-state index contributed by atoms with van der Waals surface area (Å²) in [6.45, 7) is 9.72. The third-order valence-electron chi connectivity index (χ3n) is 20.1. The quantitative estimate of drug-likeness (QED) is 0.0222. The number of esters is 4. The fraction of sp³-hybridized carbons (Fsp3) is 0.952. The lowest BCUT2D eigenvalue weighted by atomic mass is 9.99. The Bertz CT molecular complexity index is 1980. The molecule has 3 N–H and O–H groups in total. The molecule has 0 aromatic heterocycles. The molecule has 0 aromatic carbocycles. The summed E-state index contributed by atoms with van der Waals surface area (Å²) in [4.78, 5) is 73.2. The zero-order valence-electron chi connectivity index (χ0n) is 67.6. The molecular formula is C84H164O17P2. The summed E-state index contributed by atoms with van der Waals surface area (Å²) >= 11 is 0. The number of aliphatic hydroxyl groups excluding tert-OH is 1. The first-order chi connectivity index (χ1) is 49.9. The molecule has 6 atom stereocenters. The highest BCUT2D eigenvalue weighted by Gasteiger charge is 2.30. The van der Waals surface area contributed by atoms with E-state index in [0.29, 0.717) is 25.7 Å². The van der Waals surface area contributed by atoms with Crippen LogP contribution in [0.1, 0.15) is 446 Å². The summed E-state index contributed by atoms with van der Waals surface area (Å²) in [5, 5.41) is 10.7. The van der Waals surface area contributed by atoms with Gasteiger partial charge in [-0.25, -0.2) is 9.13 Å². The minimum atomic E-state index is -4.96. The van der Waals surface area contributed by atoms with Crippen molar-refractivity contribution in [2.75, 3.05) is 39.6 Å². The highest BCUT2D eigenvalue weighted by Crippen LogP contribution is 2.45. The molecule has 17 nitrogen and oxygen atoms in total. The van der Waals surface area contributed by atoms with Gasteiger partial charge in [-0.1, -0.05) is 395 Å². The van der Waals surface area contributed by atoms with Gasteiger partial charge in [0.05, 0.1) is 26.4 Å². The Morgan fingerprint density at radius 1 is 0.282 bits per heavy atom. The maximum absolute atomic E-state index is 13.1. The van der Waals surface area contributed by atoms with Crippen LogP contribution in [0.5, 0.6) is 0 Å². The van der Waals surface area contributed by atoms with Gasteiger partial charge in [-0.15, -0.1) is 0 Å². The molecule has 3 unspecified atom stereocenters. The van der Waals surface area contributed by atoms with Gasteiger partial charge in [0, 0.05) is 25.7 Å². The fourth-order valence-corrected chi connectivity index (χ4v) is 14.6. The Labute approximate surface area is 632 Å². The minimum Gasteiger partial charge on any atom is -0.462 e. The zero-order chi connectivity index (χ0) is 75.6. The summed E-state index contributed by atoms with van der Waals surface area (Å²) in [7, 11) is -9.93. The van der Waals surface area contributed by atoms with Crippen molar-refractivity contribution in [3.8, 4) is 0 Å². The molecule has 0 rings (SSSR count). The van der Waals surface area contributed by atoms with E-state index in [1.165, 1.54) is 263 Å². The van der Waals surface area contributed by atoms with Gasteiger partial charge in [-0.05, 0) is 37.5 Å². The summed E-state index contributed by atoms with van der Waals surface area (Å²) in [5.74, 6) is -0.491. The lowest BCUT2D eigenvalue weighted by molar-refractivity contribution is -0.161. The Balaban J connectivity index is 5.26. The van der Waals surface area contributed by atoms with Crippen LogP contribution >= 0.6 is 15.6 Å². The normalized spacial score (nSPS) is 14.1. The van der Waals surface area contributed by atoms with E-state index >= 15 is 0 Å². The molecule has 0 aliphatic carbocycles. The van der Waals surface area contributed by atoms with Crippen molar-refractivity contribution in [1.82, 2.24) is 0 Å². The largest absolute Gasteiger partial charge is 0.472 e. The molecule has 0 aromatic rings. The predicted molar refractivity (Wildman–Crippen MR) is 423 cm³/mol. The Morgan fingerprint density at radius 3 is 0.738 bits per heavy atom. The van der Waals surface area contributed by atoms with Crippen molar-refractivity contribution in [1.29, 1.82) is 0 Å². The van der Waals surface area contributed by atoms with Crippen LogP contribution in [-0.2, 0) is 65.4 Å². The number of unbranched alkanes of at least 4 members (excludes halogenated alkanes) is 52. The first-order valence-electron chi connectivity index (χ1n) is 43.5. The number of hydrogen-bond donors (Lipinski definition) is 3. The van der Waals surface area contributed by atoms with Crippen LogP contribution in [0.25, 0.3) is 0 Å². The van der Waals surface area contributed by atoms with Crippen LogP contribution in [-0.4, -0.2) is 96.7 Å². The maximum atomic E-state index is 13.1. The molecule has 0 fully saturated rings. The highest BCUT2D eigenvalue weighted by atomic mass is 31.2. The van der Waals surface area contributed by atoms with Crippen molar-refractivity contribution < 1.29 is 80.2 Å². The third kappa shape index (κ3) is 76.6. The van der Waals surface area contributed by atoms with Crippen LogP contribution in [0.3, 0.4) is 0 Å². The lowest BCUT2D eigenvalue weighted by Gasteiger charge is -2.21. The van der Waals surface area contributed by atoms with E-state index in [4.69, 9.17) is 37.0 Å². The minimum absolute atomic E-state index is 0.107. The van der Waals surface area contributed by atoms with Gasteiger partial charge in [0.15, 0.2) is 12.2 Å². The monoisotopic (exact) mass is 1510 g/mol. The topological polar surface area (TPSA) is 237 Å². The van der Waals surface area contributed by atoms with E-state index in [-0.39, 0.29) is 25.7 Å². The molecular weight excluding hydrogens is 1340 g/mol. The van der Waals surface area contributed by atoms with Crippen molar-refractivity contribution in [3.63, 3.8) is 0 Å². The van der Waals surface area contributed by atoms with Gasteiger partial charge in [0.1, 0.15) is 19.3 Å². The molecule has 0 amide bonds. The fourth-order valence-electron chi connectivity index (χ4n) is 13.0. The van der Waals surface area contributed by atoms with Crippen LogP contribution in [0.4, 0.5) is 0 Å². The molecule has 19 heteroatoms. The molecule has 612 valence electrons. The SMILES string of the molecule is CCCCCCCCCCCCCCCCCCCCC(=O)OC[C@H](COP(=O)(O)OC[C@@H](O)COP(=O)(O)OC[C@@H](COC(=O)CCCCCCCCCCCCCC)OC(=O)CCCCCCCCCCCCC(C)CC)OC(=O)CCCCCCCCCCCCCCCCCCC(C)C. The van der Waals surface area contributed by atoms with E-state index < -0.39 is 97.5 Å². The average Bonchev–Trinajstić information content (AvgIpc) is 0.917. The lowest BCUT2D eigenvalue weighted by Crippen LogP contribution is -2.30. The summed E-state index contributed by atoms with van der Waals surface area (Å²) in [6.07, 6.45) is 66.5. The molecule has 0 radical (unpaired) electrons. The van der Waals surface area contributed by atoms with E-state index in [1.54, 1.807) is 0 Å². The molecule has 0 saturated carbocycles. The number of rotatable bonds is 83. The number of aliphatic hydroxyl groups is 1. The second-order valence-corrected chi connectivity index (χ2v) is 33.8. The maximum Gasteiger partial charge on any atom is 0.472 e. The summed E-state index contributed by atoms with van der Waals surface area (Å²) in [6, 6.07) is 0. The first kappa shape index (κ1) is 101. The molecule has 0 saturated heterocycles. The van der Waals surface area contributed by atoms with Crippen molar-refractivity contribution in [2.24, 2.45) is 11.8 Å². The summed E-state index contributed by atoms with van der Waals surface area (Å²) in [5.41, 5.74) is 0. The van der Waals surface area contributed by atoms with Gasteiger partial charge in [-0.2, -0.15) is 0 Å². The van der Waals surface area contributed by atoms with E-state index in [9.17, 15) is 43.2 Å². The van der Waals surface area contributed by atoms with Crippen molar-refractivity contribution in [2.45, 2.75) is 464 Å². The molecule has 0 heterocycles. The van der Waals surface area contributed by atoms with Gasteiger partial charge < -0.3 is 33.8 Å². The zero-order valence-corrected chi connectivity index (χ0v) is 69.4. The standard InChI is InChI=1S/C84H164O17P2/c1-7-10-12-14-16-18-20-22-23-24-25-29-32-36-43-49-55-61-67-82(87)95-72-79(100-83(88)68-62-56-50-44-37-33-30-27-26-28-31-34-40-46-52-58-64-76(4)5)74-98-102(90,91)96-70-78(85)71-97-103(92,93)99-75-80(73-94-81(86)66-60-54-48-42-35-21-19-17-15-13-11-8-2)101-84(89)69-63-57-51-45-39-38-41-47-53-59-65-77(6)9-3/h76-80,85H,7-75H2,1-6H3,(H,90,91)(H,92,93)/t77?,78-,79-,80-/m1/s1. The van der Waals surface area contributed by atoms with E-state index in [0.717, 1.165) is 102 Å². The number of hydrogen-bond acceptors (Lipinski definition) is 15.